The van der Waals surface area contributed by atoms with Crippen molar-refractivity contribution in [3.05, 3.63) is 0 Å². The number of thioether (sulfide) groups is 1. The molecule has 0 spiro atoms. The van der Waals surface area contributed by atoms with Crippen molar-refractivity contribution in [1.29, 1.82) is 0 Å². The first-order chi connectivity index (χ1) is 10.6. The second-order valence-electron chi connectivity index (χ2n) is 5.05. The average Bonchev–Trinajstić information content (AvgIpc) is 2.55. The van der Waals surface area contributed by atoms with Gasteiger partial charge in [-0.2, -0.15) is 0 Å². The predicted octanol–water partition coefficient (Wildman–Crippen LogP) is 3.78. The smallest absolute Gasteiger partial charge is 0.355 e. The Morgan fingerprint density at radius 2 is 1.55 bits per heavy atom. The van der Waals surface area contributed by atoms with E-state index in [0.29, 0.717) is 18.1 Å². The maximum atomic E-state index is 11.7. The van der Waals surface area contributed by atoms with Crippen molar-refractivity contribution < 1.29 is 22.5 Å². The number of carbonyl (C=O) groups is 1. The molecule has 0 aliphatic carbocycles. The zero-order valence-electron chi connectivity index (χ0n) is 14.5. The van der Waals surface area contributed by atoms with Crippen molar-refractivity contribution in [2.24, 2.45) is 0 Å². The number of hydrogen-bond donors (Lipinski definition) is 0. The topological polar surface area (TPSA) is 54.0 Å². The molecule has 22 heavy (non-hydrogen) atoms. The van der Waals surface area contributed by atoms with Gasteiger partial charge in [-0.1, -0.05) is 44.4 Å². The van der Waals surface area contributed by atoms with Crippen molar-refractivity contribution in [1.82, 2.24) is 0 Å². The van der Waals surface area contributed by atoms with Crippen LogP contribution in [0.2, 0.25) is 0 Å². The second-order valence-corrected chi connectivity index (χ2v) is 8.72. The van der Waals surface area contributed by atoms with Crippen LogP contribution in [0.25, 0.3) is 0 Å². The van der Waals surface area contributed by atoms with E-state index in [1.807, 2.05) is 0 Å². The Balaban J connectivity index is 3.50. The lowest BCUT2D eigenvalue weighted by Crippen LogP contribution is -2.46. The minimum atomic E-state index is -2.90. The van der Waals surface area contributed by atoms with E-state index in [4.69, 9.17) is 17.7 Å². The molecule has 0 aliphatic rings. The summed E-state index contributed by atoms with van der Waals surface area (Å²) in [4.78, 5) is 11.7. The van der Waals surface area contributed by atoms with Crippen molar-refractivity contribution in [2.75, 3.05) is 33.7 Å². The number of unbranched alkanes of at least 4 members (excludes halogenated alkanes) is 5. The van der Waals surface area contributed by atoms with Gasteiger partial charge in [-0.25, -0.2) is 0 Å². The molecule has 0 saturated carbocycles. The van der Waals surface area contributed by atoms with Gasteiger partial charge in [-0.3, -0.25) is 4.79 Å². The predicted molar refractivity (Wildman–Crippen MR) is 92.8 cm³/mol. The molecule has 0 aromatic rings. The standard InChI is InChI=1S/C15H32O5SSi/c1-5-6-7-8-9-12-15(16)21-14-11-10-13-20-22(17-2,18-3)19-4/h5-14H2,1-4H3. The van der Waals surface area contributed by atoms with Crippen LogP contribution in [-0.4, -0.2) is 47.9 Å². The molecule has 0 amide bonds. The Bertz CT molecular complexity index is 266. The van der Waals surface area contributed by atoms with E-state index >= 15 is 0 Å². The van der Waals surface area contributed by atoms with Gasteiger partial charge >= 0.3 is 9.05 Å². The minimum absolute atomic E-state index is 0.312. The SMILES string of the molecule is CCCCCCCC(=O)SCCCCO[Si](OC)(OC)OC. The van der Waals surface area contributed by atoms with Crippen molar-refractivity contribution in [2.45, 2.75) is 58.3 Å². The van der Waals surface area contributed by atoms with E-state index in [2.05, 4.69) is 6.92 Å². The van der Waals surface area contributed by atoms with Gasteiger partial charge in [0, 0.05) is 40.1 Å². The number of carbonyl (C=O) groups excluding carboxylic acids is 1. The third-order valence-corrected chi connectivity index (χ3v) is 6.39. The fraction of sp³-hybridized carbons (Fsp3) is 0.933. The van der Waals surface area contributed by atoms with E-state index in [-0.39, 0.29) is 0 Å². The summed E-state index contributed by atoms with van der Waals surface area (Å²) in [5, 5.41) is 0.312. The third-order valence-electron chi connectivity index (χ3n) is 3.32. The highest BCUT2D eigenvalue weighted by atomic mass is 32.2. The zero-order chi connectivity index (χ0) is 16.7. The molecule has 0 saturated heterocycles. The van der Waals surface area contributed by atoms with Crippen LogP contribution in [0, 0.1) is 0 Å². The van der Waals surface area contributed by atoms with Crippen LogP contribution in [0.1, 0.15) is 58.3 Å². The molecule has 0 aromatic heterocycles. The molecule has 0 N–H and O–H groups in total. The summed E-state index contributed by atoms with van der Waals surface area (Å²) in [7, 11) is 1.66. The van der Waals surface area contributed by atoms with E-state index in [9.17, 15) is 4.79 Å². The summed E-state index contributed by atoms with van der Waals surface area (Å²) in [6, 6.07) is 0. The zero-order valence-corrected chi connectivity index (χ0v) is 16.3. The van der Waals surface area contributed by atoms with Gasteiger partial charge in [-0.05, 0) is 19.3 Å². The Morgan fingerprint density at radius 1 is 0.909 bits per heavy atom. The van der Waals surface area contributed by atoms with Crippen LogP contribution < -0.4 is 0 Å². The normalized spacial score (nSPS) is 11.8. The van der Waals surface area contributed by atoms with Crippen LogP contribution in [0.3, 0.4) is 0 Å². The van der Waals surface area contributed by atoms with Crippen molar-refractivity contribution >= 4 is 25.9 Å². The van der Waals surface area contributed by atoms with Crippen LogP contribution in [0.4, 0.5) is 0 Å². The molecular weight excluding hydrogens is 320 g/mol. The van der Waals surface area contributed by atoms with Crippen LogP contribution in [0.5, 0.6) is 0 Å². The fourth-order valence-electron chi connectivity index (χ4n) is 1.96. The second kappa shape index (κ2) is 14.7. The Kier molecular flexibility index (Phi) is 14.7. The maximum Gasteiger partial charge on any atom is 0.678 e. The first-order valence-electron chi connectivity index (χ1n) is 8.09. The Morgan fingerprint density at radius 3 is 2.14 bits per heavy atom. The number of rotatable bonds is 15. The van der Waals surface area contributed by atoms with Gasteiger partial charge in [0.1, 0.15) is 0 Å². The molecule has 0 aliphatic heterocycles. The highest BCUT2D eigenvalue weighted by Crippen LogP contribution is 2.14. The molecule has 0 unspecified atom stereocenters. The summed E-state index contributed by atoms with van der Waals surface area (Å²) < 4.78 is 21.1. The first kappa shape index (κ1) is 22.1. The highest BCUT2D eigenvalue weighted by molar-refractivity contribution is 8.13. The Hall–Kier alpha value is 0.0769. The molecule has 0 heterocycles. The summed E-state index contributed by atoms with van der Waals surface area (Å²) in [5.74, 6) is 0.846. The lowest BCUT2D eigenvalue weighted by molar-refractivity contribution is -0.111. The molecule has 0 fully saturated rings. The van der Waals surface area contributed by atoms with E-state index in [0.717, 1.165) is 25.0 Å². The van der Waals surface area contributed by atoms with Crippen molar-refractivity contribution in [3.63, 3.8) is 0 Å². The number of hydrogen-bond acceptors (Lipinski definition) is 6. The fourth-order valence-corrected chi connectivity index (χ4v) is 4.07. The van der Waals surface area contributed by atoms with Crippen molar-refractivity contribution in [3.8, 4) is 0 Å². The first-order valence-corrected chi connectivity index (χ1v) is 10.7. The lowest BCUT2D eigenvalue weighted by Gasteiger charge is -2.22. The summed E-state index contributed by atoms with van der Waals surface area (Å²) in [6.07, 6.45) is 8.47. The molecule has 0 radical (unpaired) electrons. The molecule has 0 rings (SSSR count). The van der Waals surface area contributed by atoms with Crippen LogP contribution in [0.15, 0.2) is 0 Å². The Labute approximate surface area is 140 Å². The summed E-state index contributed by atoms with van der Waals surface area (Å²) >= 11 is 1.44. The average molecular weight is 353 g/mol. The molecule has 0 atom stereocenters. The molecule has 0 bridgehead atoms. The lowest BCUT2D eigenvalue weighted by atomic mass is 10.1. The summed E-state index contributed by atoms with van der Waals surface area (Å²) in [5.41, 5.74) is 0. The molecule has 0 aromatic carbocycles. The molecule has 7 heteroatoms. The van der Waals surface area contributed by atoms with Gasteiger partial charge in [0.25, 0.3) is 0 Å². The highest BCUT2D eigenvalue weighted by Gasteiger charge is 2.41. The quantitative estimate of drug-likeness (QED) is 0.330. The van der Waals surface area contributed by atoms with E-state index in [1.165, 1.54) is 58.8 Å². The van der Waals surface area contributed by atoms with E-state index < -0.39 is 9.05 Å². The third kappa shape index (κ3) is 10.7. The van der Waals surface area contributed by atoms with Gasteiger partial charge in [0.2, 0.25) is 0 Å². The molecule has 5 nitrogen and oxygen atoms in total. The van der Waals surface area contributed by atoms with Gasteiger partial charge in [0.15, 0.2) is 5.12 Å². The molecule has 132 valence electrons. The summed E-state index contributed by atoms with van der Waals surface area (Å²) in [6.45, 7) is 2.72. The van der Waals surface area contributed by atoms with Gasteiger partial charge in [0.05, 0.1) is 0 Å². The van der Waals surface area contributed by atoms with Crippen LogP contribution >= 0.6 is 11.8 Å². The maximum absolute atomic E-state index is 11.7. The van der Waals surface area contributed by atoms with E-state index in [1.54, 1.807) is 0 Å². The monoisotopic (exact) mass is 352 g/mol. The van der Waals surface area contributed by atoms with Crippen LogP contribution in [-0.2, 0) is 22.5 Å². The molecular formula is C15H32O5SSi. The van der Waals surface area contributed by atoms with Gasteiger partial charge < -0.3 is 17.7 Å². The largest absolute Gasteiger partial charge is 0.678 e. The van der Waals surface area contributed by atoms with Gasteiger partial charge in [-0.15, -0.1) is 0 Å². The minimum Gasteiger partial charge on any atom is -0.355 e.